The van der Waals surface area contributed by atoms with Crippen molar-refractivity contribution in [3.8, 4) is 0 Å². The van der Waals surface area contributed by atoms with E-state index >= 15 is 0 Å². The highest BCUT2D eigenvalue weighted by Crippen LogP contribution is 2.22. The van der Waals surface area contributed by atoms with Gasteiger partial charge in [0.05, 0.1) is 0 Å². The van der Waals surface area contributed by atoms with Crippen LogP contribution < -0.4 is 5.46 Å². The number of fused-ring (bicyclic) bond motifs is 1. The van der Waals surface area contributed by atoms with Crippen molar-refractivity contribution in [3.63, 3.8) is 0 Å². The van der Waals surface area contributed by atoms with Crippen molar-refractivity contribution in [3.05, 3.63) is 28.9 Å². The van der Waals surface area contributed by atoms with E-state index in [1.807, 2.05) is 24.4 Å². The van der Waals surface area contributed by atoms with Gasteiger partial charge in [-0.05, 0) is 29.8 Å². The lowest BCUT2D eigenvalue weighted by atomic mass is 9.80. The summed E-state index contributed by atoms with van der Waals surface area (Å²) in [4.78, 5) is 0. The van der Waals surface area contributed by atoms with Gasteiger partial charge in [-0.3, -0.25) is 0 Å². The van der Waals surface area contributed by atoms with Crippen LogP contribution in [0.5, 0.6) is 0 Å². The third-order valence-electron chi connectivity index (χ3n) is 2.80. The van der Waals surface area contributed by atoms with E-state index < -0.39 is 15.4 Å². The first-order valence-electron chi connectivity index (χ1n) is 5.48. The Morgan fingerprint density at radius 3 is 2.41 bits per heavy atom. The van der Waals surface area contributed by atoms with Crippen molar-refractivity contribution in [2.75, 3.05) is 0 Å². The zero-order valence-electron chi connectivity index (χ0n) is 10.1. The minimum absolute atomic E-state index is 0.573. The fraction of sp³-hybridized carbons (Fsp3) is 0.273. The van der Waals surface area contributed by atoms with Gasteiger partial charge in [0.2, 0.25) is 0 Å². The summed E-state index contributed by atoms with van der Waals surface area (Å²) in [5, 5.41) is 19.8. The van der Waals surface area contributed by atoms with E-state index in [9.17, 15) is 10.0 Å². The summed E-state index contributed by atoms with van der Waals surface area (Å²) >= 11 is 3.41. The number of rotatable bonds is 2. The molecular formula is C11H15BBrNO2Si. The monoisotopic (exact) mass is 311 g/mol. The normalized spacial score (nSPS) is 12.1. The van der Waals surface area contributed by atoms with Crippen LogP contribution in [0.2, 0.25) is 19.6 Å². The lowest BCUT2D eigenvalue weighted by molar-refractivity contribution is 0.426. The summed E-state index contributed by atoms with van der Waals surface area (Å²) in [6.45, 7) is 6.67. The third-order valence-corrected chi connectivity index (χ3v) is 5.11. The molecular weight excluding hydrogens is 297 g/mol. The molecule has 1 aromatic heterocycles. The lowest BCUT2D eigenvalue weighted by Crippen LogP contribution is -2.33. The molecule has 2 rings (SSSR count). The maximum absolute atomic E-state index is 9.43. The largest absolute Gasteiger partial charge is 0.490 e. The van der Waals surface area contributed by atoms with Crippen molar-refractivity contribution >= 4 is 47.6 Å². The quantitative estimate of drug-likeness (QED) is 0.830. The van der Waals surface area contributed by atoms with E-state index in [1.54, 1.807) is 0 Å². The van der Waals surface area contributed by atoms with Gasteiger partial charge in [0.15, 0.2) is 8.24 Å². The molecule has 0 aliphatic rings. The maximum Gasteiger partial charge on any atom is 0.490 e. The second kappa shape index (κ2) is 4.28. The van der Waals surface area contributed by atoms with Crippen molar-refractivity contribution < 1.29 is 10.0 Å². The molecule has 1 aromatic carbocycles. The number of halogens is 1. The van der Waals surface area contributed by atoms with Crippen molar-refractivity contribution in [1.82, 2.24) is 4.23 Å². The van der Waals surface area contributed by atoms with Crippen LogP contribution in [0, 0.1) is 0 Å². The fourth-order valence-corrected chi connectivity index (χ4v) is 3.79. The summed E-state index contributed by atoms with van der Waals surface area (Å²) in [5.41, 5.74) is 1.64. The van der Waals surface area contributed by atoms with E-state index in [0.29, 0.717) is 5.46 Å². The van der Waals surface area contributed by atoms with Crippen LogP contribution in [0.3, 0.4) is 0 Å². The Morgan fingerprint density at radius 2 is 1.88 bits per heavy atom. The number of aromatic nitrogens is 1. The molecule has 6 heteroatoms. The van der Waals surface area contributed by atoms with E-state index in [2.05, 4.69) is 39.8 Å². The van der Waals surface area contributed by atoms with Crippen LogP contribution in [0.15, 0.2) is 28.9 Å². The summed E-state index contributed by atoms with van der Waals surface area (Å²) < 4.78 is 3.14. The summed E-state index contributed by atoms with van der Waals surface area (Å²) in [6, 6.07) is 5.93. The summed E-state index contributed by atoms with van der Waals surface area (Å²) in [7, 11) is -2.99. The van der Waals surface area contributed by atoms with E-state index in [1.165, 1.54) is 0 Å². The third kappa shape index (κ3) is 2.35. The molecule has 0 saturated heterocycles. The molecule has 0 atom stereocenters. The average Bonchev–Trinajstić information content (AvgIpc) is 2.55. The predicted molar refractivity (Wildman–Crippen MR) is 78.2 cm³/mol. The molecule has 0 unspecified atom stereocenters. The Kier molecular flexibility index (Phi) is 3.24. The Labute approximate surface area is 110 Å². The molecule has 90 valence electrons. The van der Waals surface area contributed by atoms with Crippen molar-refractivity contribution in [1.29, 1.82) is 0 Å². The van der Waals surface area contributed by atoms with Gasteiger partial charge in [-0.1, -0.05) is 35.6 Å². The van der Waals surface area contributed by atoms with Gasteiger partial charge in [0.1, 0.15) is 0 Å². The summed E-state index contributed by atoms with van der Waals surface area (Å²) in [6.07, 6.45) is 1.87. The zero-order chi connectivity index (χ0) is 12.8. The van der Waals surface area contributed by atoms with Gasteiger partial charge >= 0.3 is 7.12 Å². The average molecular weight is 312 g/mol. The fourth-order valence-electron chi connectivity index (χ4n) is 1.99. The topological polar surface area (TPSA) is 45.4 Å². The van der Waals surface area contributed by atoms with Gasteiger partial charge in [-0.25, -0.2) is 0 Å². The molecule has 0 aliphatic heterocycles. The minimum atomic E-state index is -1.56. The highest BCUT2D eigenvalue weighted by molar-refractivity contribution is 9.10. The van der Waals surface area contributed by atoms with Crippen LogP contribution in [0.25, 0.3) is 10.9 Å². The molecule has 0 saturated carbocycles. The van der Waals surface area contributed by atoms with E-state index in [4.69, 9.17) is 0 Å². The van der Waals surface area contributed by atoms with Gasteiger partial charge < -0.3 is 14.3 Å². The molecule has 2 N–H and O–H groups in total. The zero-order valence-corrected chi connectivity index (χ0v) is 12.7. The molecule has 17 heavy (non-hydrogen) atoms. The molecule has 0 aliphatic carbocycles. The standard InChI is InChI=1S/C11H15BBrNO2Si/c1-17(2,3)14-7-10(12(15)16)9-6-8(13)4-5-11(9)14/h4-7,15-16H,1-3H3. The highest BCUT2D eigenvalue weighted by Gasteiger charge is 2.24. The first-order valence-corrected chi connectivity index (χ1v) is 9.72. The minimum Gasteiger partial charge on any atom is -0.423 e. The molecule has 1 heterocycles. The number of benzene rings is 1. The summed E-state index contributed by atoms with van der Waals surface area (Å²) in [5.74, 6) is 0. The SMILES string of the molecule is C[Si](C)(C)n1cc(B(O)O)c2cc(Br)ccc21. The van der Waals surface area contributed by atoms with Crippen molar-refractivity contribution in [2.45, 2.75) is 19.6 Å². The number of nitrogens with zero attached hydrogens (tertiary/aromatic N) is 1. The Hall–Kier alpha value is -0.558. The van der Waals surface area contributed by atoms with Gasteiger partial charge in [0.25, 0.3) is 0 Å². The lowest BCUT2D eigenvalue weighted by Gasteiger charge is -2.20. The Balaban J connectivity index is 2.80. The first-order chi connectivity index (χ1) is 7.80. The smallest absolute Gasteiger partial charge is 0.423 e. The molecule has 0 spiro atoms. The molecule has 0 bridgehead atoms. The Morgan fingerprint density at radius 1 is 1.24 bits per heavy atom. The van der Waals surface area contributed by atoms with Gasteiger partial charge in [-0.2, -0.15) is 0 Å². The number of hydrogen-bond acceptors (Lipinski definition) is 2. The van der Waals surface area contributed by atoms with Crippen LogP contribution in [-0.2, 0) is 0 Å². The predicted octanol–water partition coefficient (Wildman–Crippen LogP) is 1.77. The highest BCUT2D eigenvalue weighted by atomic mass is 79.9. The molecule has 0 fully saturated rings. The number of hydrogen-bond donors (Lipinski definition) is 2. The van der Waals surface area contributed by atoms with Crippen LogP contribution >= 0.6 is 15.9 Å². The maximum atomic E-state index is 9.43. The van der Waals surface area contributed by atoms with Gasteiger partial charge in [0, 0.05) is 15.5 Å². The van der Waals surface area contributed by atoms with Crippen LogP contribution in [0.4, 0.5) is 0 Å². The molecule has 0 amide bonds. The molecule has 3 nitrogen and oxygen atoms in total. The first kappa shape index (κ1) is 12.9. The second-order valence-corrected chi connectivity index (χ2v) is 10.9. The van der Waals surface area contributed by atoms with E-state index in [-0.39, 0.29) is 0 Å². The van der Waals surface area contributed by atoms with Gasteiger partial charge in [-0.15, -0.1) is 0 Å². The Bertz CT molecular complexity index is 562. The molecule has 2 aromatic rings. The van der Waals surface area contributed by atoms with Crippen LogP contribution in [0.1, 0.15) is 0 Å². The second-order valence-electron chi connectivity index (χ2n) is 5.16. The van der Waals surface area contributed by atoms with Crippen molar-refractivity contribution in [2.24, 2.45) is 0 Å². The molecule has 0 radical (unpaired) electrons. The van der Waals surface area contributed by atoms with Crippen LogP contribution in [-0.4, -0.2) is 29.6 Å². The van der Waals surface area contributed by atoms with E-state index in [0.717, 1.165) is 15.4 Å².